The van der Waals surface area contributed by atoms with Crippen molar-refractivity contribution in [3.05, 3.63) is 71.0 Å². The maximum absolute atomic E-state index is 13.5. The molecule has 34 heavy (non-hydrogen) atoms. The molecule has 4 nitrogen and oxygen atoms in total. The quantitative estimate of drug-likeness (QED) is 0.605. The number of carbonyl (C=O) groups is 1. The van der Waals surface area contributed by atoms with E-state index < -0.39 is 11.7 Å². The Morgan fingerprint density at radius 3 is 2.29 bits per heavy atom. The Kier molecular flexibility index (Phi) is 7.88. The first-order valence-corrected chi connectivity index (χ1v) is 11.9. The summed E-state index contributed by atoms with van der Waals surface area (Å²) < 4.78 is 52.3. The molecule has 0 bridgehead atoms. The maximum atomic E-state index is 13.5. The summed E-state index contributed by atoms with van der Waals surface area (Å²) in [5, 5.41) is 3.19. The lowest BCUT2D eigenvalue weighted by Crippen LogP contribution is -2.49. The molecule has 2 aliphatic heterocycles. The molecule has 184 valence electrons. The number of carbonyl (C=O) groups excluding carboxylic acids is 1. The van der Waals surface area contributed by atoms with Crippen LogP contribution in [-0.4, -0.2) is 47.9 Å². The van der Waals surface area contributed by atoms with Crippen LogP contribution in [0.4, 0.5) is 17.6 Å². The standard InChI is InChI=1S/C26H31F4N3O/c27-23-8-2-5-20(15-23)17-33-11-3-6-21(18-33)25(34)31-24-9-12-32(13-10-24)16-19-4-1-7-22(14-19)26(28,29)30/h1-2,4-5,7-8,14-15,21,24H,3,6,9-13,16-18H2,(H,31,34). The van der Waals surface area contributed by atoms with Crippen molar-refractivity contribution in [1.29, 1.82) is 0 Å². The van der Waals surface area contributed by atoms with Crippen LogP contribution in [0.1, 0.15) is 42.4 Å². The van der Waals surface area contributed by atoms with Crippen molar-refractivity contribution in [3.63, 3.8) is 0 Å². The van der Waals surface area contributed by atoms with Gasteiger partial charge in [-0.3, -0.25) is 14.6 Å². The summed E-state index contributed by atoms with van der Waals surface area (Å²) in [4.78, 5) is 17.3. The molecule has 1 unspecified atom stereocenters. The largest absolute Gasteiger partial charge is 0.416 e. The number of alkyl halides is 3. The normalized spacial score (nSPS) is 20.9. The summed E-state index contributed by atoms with van der Waals surface area (Å²) in [5.74, 6) is -0.256. The zero-order valence-electron chi connectivity index (χ0n) is 19.2. The molecule has 2 aliphatic rings. The van der Waals surface area contributed by atoms with Gasteiger partial charge in [-0.1, -0.05) is 30.3 Å². The highest BCUT2D eigenvalue weighted by atomic mass is 19.4. The van der Waals surface area contributed by atoms with E-state index in [1.165, 1.54) is 24.3 Å². The fraction of sp³-hybridized carbons (Fsp3) is 0.500. The lowest BCUT2D eigenvalue weighted by Gasteiger charge is -2.35. The molecule has 2 aromatic rings. The Bertz CT molecular complexity index is 973. The van der Waals surface area contributed by atoms with Crippen molar-refractivity contribution in [2.75, 3.05) is 26.2 Å². The Hall–Kier alpha value is -2.45. The predicted octanol–water partition coefficient (Wildman–Crippen LogP) is 4.84. The fourth-order valence-electron chi connectivity index (χ4n) is 4.97. The second-order valence-electron chi connectivity index (χ2n) is 9.46. The second-order valence-corrected chi connectivity index (χ2v) is 9.46. The van der Waals surface area contributed by atoms with Gasteiger partial charge in [0.05, 0.1) is 11.5 Å². The Morgan fingerprint density at radius 1 is 0.912 bits per heavy atom. The Morgan fingerprint density at radius 2 is 1.59 bits per heavy atom. The lowest BCUT2D eigenvalue weighted by molar-refractivity contribution is -0.137. The number of rotatable bonds is 6. The molecular weight excluding hydrogens is 446 g/mol. The van der Waals surface area contributed by atoms with E-state index in [9.17, 15) is 22.4 Å². The smallest absolute Gasteiger partial charge is 0.353 e. The van der Waals surface area contributed by atoms with Crippen LogP contribution < -0.4 is 5.32 Å². The van der Waals surface area contributed by atoms with Crippen molar-refractivity contribution in [3.8, 4) is 0 Å². The number of amides is 1. The number of hydrogen-bond donors (Lipinski definition) is 1. The van der Waals surface area contributed by atoms with Crippen LogP contribution >= 0.6 is 0 Å². The van der Waals surface area contributed by atoms with E-state index in [-0.39, 0.29) is 23.7 Å². The monoisotopic (exact) mass is 477 g/mol. The molecule has 0 aromatic heterocycles. The first-order chi connectivity index (χ1) is 16.3. The number of piperidine rings is 2. The summed E-state index contributed by atoms with van der Waals surface area (Å²) in [6.45, 7) is 4.14. The van der Waals surface area contributed by atoms with E-state index in [2.05, 4.69) is 15.1 Å². The third-order valence-electron chi connectivity index (χ3n) is 6.77. The average Bonchev–Trinajstić information content (AvgIpc) is 2.80. The molecule has 0 aliphatic carbocycles. The van der Waals surface area contributed by atoms with Crippen LogP contribution in [0.5, 0.6) is 0 Å². The minimum atomic E-state index is -4.33. The van der Waals surface area contributed by atoms with E-state index in [1.807, 2.05) is 6.07 Å². The predicted molar refractivity (Wildman–Crippen MR) is 122 cm³/mol. The molecule has 0 radical (unpaired) electrons. The Balaban J connectivity index is 1.23. The minimum Gasteiger partial charge on any atom is -0.353 e. The number of nitrogens with one attached hydrogen (secondary N) is 1. The van der Waals surface area contributed by atoms with Gasteiger partial charge in [-0.15, -0.1) is 0 Å². The highest BCUT2D eigenvalue weighted by molar-refractivity contribution is 5.79. The van der Waals surface area contributed by atoms with Crippen LogP contribution in [0.3, 0.4) is 0 Å². The minimum absolute atomic E-state index is 0.0697. The van der Waals surface area contributed by atoms with Gasteiger partial charge in [-0.2, -0.15) is 13.2 Å². The van der Waals surface area contributed by atoms with Gasteiger partial charge in [0, 0.05) is 38.8 Å². The van der Waals surface area contributed by atoms with Crippen molar-refractivity contribution in [1.82, 2.24) is 15.1 Å². The number of nitrogens with zero attached hydrogens (tertiary/aromatic N) is 2. The summed E-state index contributed by atoms with van der Waals surface area (Å²) in [7, 11) is 0. The molecule has 1 atom stereocenters. The van der Waals surface area contributed by atoms with E-state index in [1.54, 1.807) is 12.1 Å². The number of halogens is 4. The number of benzene rings is 2. The first-order valence-electron chi connectivity index (χ1n) is 11.9. The molecule has 2 fully saturated rings. The van der Waals surface area contributed by atoms with Gasteiger partial charge in [0.25, 0.3) is 0 Å². The van der Waals surface area contributed by atoms with Crippen LogP contribution in [0.15, 0.2) is 48.5 Å². The van der Waals surface area contributed by atoms with Gasteiger partial charge in [0.1, 0.15) is 5.82 Å². The number of likely N-dealkylation sites (tertiary alicyclic amines) is 2. The number of hydrogen-bond acceptors (Lipinski definition) is 3. The molecular formula is C26H31F4N3O. The van der Waals surface area contributed by atoms with Crippen LogP contribution in [0, 0.1) is 11.7 Å². The van der Waals surface area contributed by atoms with Crippen LogP contribution in [-0.2, 0) is 24.1 Å². The molecule has 1 amide bonds. The van der Waals surface area contributed by atoms with Crippen molar-refractivity contribution in [2.24, 2.45) is 5.92 Å². The SMILES string of the molecule is O=C(NC1CCN(Cc2cccc(C(F)(F)F)c2)CC1)C1CCCN(Cc2cccc(F)c2)C1. The van der Waals surface area contributed by atoms with Gasteiger partial charge in [0.2, 0.25) is 5.91 Å². The zero-order chi connectivity index (χ0) is 24.1. The van der Waals surface area contributed by atoms with Crippen molar-refractivity contribution in [2.45, 2.75) is 51.0 Å². The third-order valence-corrected chi connectivity index (χ3v) is 6.77. The molecule has 8 heteroatoms. The van der Waals surface area contributed by atoms with Crippen LogP contribution in [0.2, 0.25) is 0 Å². The van der Waals surface area contributed by atoms with Crippen molar-refractivity contribution >= 4 is 5.91 Å². The van der Waals surface area contributed by atoms with E-state index in [0.717, 1.165) is 56.9 Å². The summed E-state index contributed by atoms with van der Waals surface area (Å²) in [6, 6.07) is 12.1. The zero-order valence-corrected chi connectivity index (χ0v) is 19.2. The lowest BCUT2D eigenvalue weighted by atomic mass is 9.95. The van der Waals surface area contributed by atoms with Crippen molar-refractivity contribution < 1.29 is 22.4 Å². The van der Waals surface area contributed by atoms with E-state index >= 15 is 0 Å². The molecule has 2 heterocycles. The summed E-state index contributed by atoms with van der Waals surface area (Å²) in [5.41, 5.74) is 0.943. The first kappa shape index (κ1) is 24.7. The highest BCUT2D eigenvalue weighted by Gasteiger charge is 2.31. The average molecular weight is 478 g/mol. The fourth-order valence-corrected chi connectivity index (χ4v) is 4.97. The van der Waals surface area contributed by atoms with Gasteiger partial charge in [0.15, 0.2) is 0 Å². The maximum Gasteiger partial charge on any atom is 0.416 e. The third kappa shape index (κ3) is 6.79. The summed E-state index contributed by atoms with van der Waals surface area (Å²) >= 11 is 0. The Labute approximate surface area is 197 Å². The summed E-state index contributed by atoms with van der Waals surface area (Å²) in [6.07, 6.45) is -0.989. The van der Waals surface area contributed by atoms with E-state index in [4.69, 9.17) is 0 Å². The molecule has 2 aromatic carbocycles. The molecule has 0 saturated carbocycles. The van der Waals surface area contributed by atoms with Gasteiger partial charge in [-0.05, 0) is 61.6 Å². The van der Waals surface area contributed by atoms with Gasteiger partial charge >= 0.3 is 6.18 Å². The topological polar surface area (TPSA) is 35.6 Å². The second kappa shape index (κ2) is 10.9. The van der Waals surface area contributed by atoms with Gasteiger partial charge in [-0.25, -0.2) is 4.39 Å². The van der Waals surface area contributed by atoms with E-state index in [0.29, 0.717) is 25.2 Å². The highest BCUT2D eigenvalue weighted by Crippen LogP contribution is 2.30. The molecule has 4 rings (SSSR count). The molecule has 1 N–H and O–H groups in total. The van der Waals surface area contributed by atoms with Crippen LogP contribution in [0.25, 0.3) is 0 Å². The molecule has 2 saturated heterocycles. The molecule has 0 spiro atoms. The van der Waals surface area contributed by atoms with Gasteiger partial charge < -0.3 is 5.32 Å².